The Morgan fingerprint density at radius 3 is 3.00 bits per heavy atom. The van der Waals surface area contributed by atoms with E-state index in [1.165, 1.54) is 6.07 Å². The smallest absolute Gasteiger partial charge is 0.305 e. The molecule has 1 atom stereocenters. The molecule has 4 N–H and O–H groups in total. The van der Waals surface area contributed by atoms with E-state index in [9.17, 15) is 15.0 Å². The minimum atomic E-state index is -0.695. The van der Waals surface area contributed by atoms with Gasteiger partial charge in [-0.1, -0.05) is 17.4 Å². The zero-order valence-corrected chi connectivity index (χ0v) is 9.47. The molecule has 0 radical (unpaired) electrons. The van der Waals surface area contributed by atoms with E-state index in [-0.39, 0.29) is 10.6 Å². The van der Waals surface area contributed by atoms with Gasteiger partial charge in [0.15, 0.2) is 0 Å². The number of fused-ring (bicyclic) bond motifs is 1. The molecule has 0 aliphatic rings. The van der Waals surface area contributed by atoms with E-state index in [1.807, 2.05) is 0 Å². The van der Waals surface area contributed by atoms with Crippen LogP contribution in [0.3, 0.4) is 0 Å². The Balaban J connectivity index is 2.62. The summed E-state index contributed by atoms with van der Waals surface area (Å²) in [6.45, 7) is 0.395. The van der Waals surface area contributed by atoms with Crippen LogP contribution < -0.4 is 10.2 Å². The average Bonchev–Trinajstić information content (AvgIpc) is 2.61. The van der Waals surface area contributed by atoms with E-state index in [2.05, 4.69) is 10.3 Å². The monoisotopic (exact) mass is 240 g/mol. The van der Waals surface area contributed by atoms with E-state index in [0.717, 1.165) is 11.3 Å². The van der Waals surface area contributed by atoms with Gasteiger partial charge >= 0.3 is 4.87 Å². The van der Waals surface area contributed by atoms with Crippen LogP contribution in [0.1, 0.15) is 11.7 Å². The normalized spacial score (nSPS) is 13.1. The second-order valence-electron chi connectivity index (χ2n) is 3.47. The minimum Gasteiger partial charge on any atom is -0.506 e. The average molecular weight is 240 g/mol. The van der Waals surface area contributed by atoms with Gasteiger partial charge in [-0.15, -0.1) is 0 Å². The third-order valence-electron chi connectivity index (χ3n) is 2.34. The number of likely N-dealkylation sites (N-methyl/N-ethyl adjacent to an activating group) is 1. The zero-order valence-electron chi connectivity index (χ0n) is 8.65. The molecule has 0 spiro atoms. The molecule has 0 unspecified atom stereocenters. The van der Waals surface area contributed by atoms with Gasteiger partial charge in [0.25, 0.3) is 0 Å². The number of thiazole rings is 1. The highest BCUT2D eigenvalue weighted by Gasteiger charge is 2.15. The molecule has 2 aromatic rings. The number of aromatic hydroxyl groups is 1. The number of hydrogen-bond acceptors (Lipinski definition) is 5. The number of phenolic OH excluding ortho intramolecular Hbond substituents is 1. The molecule has 6 heteroatoms. The molecule has 5 nitrogen and oxygen atoms in total. The van der Waals surface area contributed by atoms with Gasteiger partial charge in [0.05, 0.1) is 10.8 Å². The van der Waals surface area contributed by atoms with Gasteiger partial charge in [0.1, 0.15) is 11.3 Å². The maximum atomic E-state index is 11.2. The Morgan fingerprint density at radius 1 is 1.56 bits per heavy atom. The predicted molar refractivity (Wildman–Crippen MR) is 63.0 cm³/mol. The third-order valence-corrected chi connectivity index (χ3v) is 3.28. The number of H-pyrrole nitrogens is 1. The summed E-state index contributed by atoms with van der Waals surface area (Å²) in [7, 11) is 1.74. The van der Waals surface area contributed by atoms with Crippen molar-refractivity contribution in [2.24, 2.45) is 0 Å². The molecule has 0 aliphatic heterocycles. The maximum absolute atomic E-state index is 11.2. The van der Waals surface area contributed by atoms with Gasteiger partial charge in [0.2, 0.25) is 0 Å². The lowest BCUT2D eigenvalue weighted by Crippen LogP contribution is -2.16. The van der Waals surface area contributed by atoms with Crippen LogP contribution in [0, 0.1) is 0 Å². The van der Waals surface area contributed by atoms with E-state index in [4.69, 9.17) is 0 Å². The van der Waals surface area contributed by atoms with Crippen LogP contribution in [-0.4, -0.2) is 28.8 Å². The molecule has 1 aromatic heterocycles. The van der Waals surface area contributed by atoms with Crippen LogP contribution in [0.2, 0.25) is 0 Å². The highest BCUT2D eigenvalue weighted by Crippen LogP contribution is 2.30. The maximum Gasteiger partial charge on any atom is 0.305 e. The zero-order chi connectivity index (χ0) is 11.7. The summed E-state index contributed by atoms with van der Waals surface area (Å²) >= 11 is 0.988. The van der Waals surface area contributed by atoms with Gasteiger partial charge in [0, 0.05) is 12.1 Å². The lowest BCUT2D eigenvalue weighted by molar-refractivity contribution is 0.179. The van der Waals surface area contributed by atoms with E-state index >= 15 is 0 Å². The fourth-order valence-corrected chi connectivity index (χ4v) is 2.52. The highest BCUT2D eigenvalue weighted by atomic mass is 32.1. The Hall–Kier alpha value is -1.37. The summed E-state index contributed by atoms with van der Waals surface area (Å²) in [4.78, 5) is 13.5. The van der Waals surface area contributed by atoms with Crippen LogP contribution >= 0.6 is 11.3 Å². The van der Waals surface area contributed by atoms with Crippen LogP contribution in [0.4, 0.5) is 0 Å². The Kier molecular flexibility index (Phi) is 2.95. The van der Waals surface area contributed by atoms with Crippen molar-refractivity contribution in [2.75, 3.05) is 13.6 Å². The summed E-state index contributed by atoms with van der Waals surface area (Å²) < 4.78 is 0.604. The van der Waals surface area contributed by atoms with Gasteiger partial charge in [-0.25, -0.2) is 0 Å². The van der Waals surface area contributed by atoms with Crippen molar-refractivity contribution in [1.82, 2.24) is 10.3 Å². The molecular weight excluding hydrogens is 228 g/mol. The topological polar surface area (TPSA) is 85.3 Å². The first-order valence-electron chi connectivity index (χ1n) is 4.81. The first-order chi connectivity index (χ1) is 7.63. The molecule has 2 rings (SSSR count). The Bertz CT molecular complexity index is 561. The molecule has 0 amide bonds. The van der Waals surface area contributed by atoms with Gasteiger partial charge in [-0.05, 0) is 13.1 Å². The van der Waals surface area contributed by atoms with Gasteiger partial charge in [-0.3, -0.25) is 4.79 Å². The lowest BCUT2D eigenvalue weighted by atomic mass is 10.1. The van der Waals surface area contributed by atoms with E-state index in [0.29, 0.717) is 22.3 Å². The molecule has 0 aliphatic carbocycles. The van der Waals surface area contributed by atoms with Crippen molar-refractivity contribution in [3.05, 3.63) is 27.4 Å². The van der Waals surface area contributed by atoms with Crippen molar-refractivity contribution in [3.63, 3.8) is 0 Å². The quantitative estimate of drug-likeness (QED) is 0.631. The van der Waals surface area contributed by atoms with Crippen molar-refractivity contribution in [3.8, 4) is 5.75 Å². The molecule has 1 aromatic carbocycles. The predicted octanol–water partition coefficient (Wildman–Crippen LogP) is 0.548. The second kappa shape index (κ2) is 4.25. The summed E-state index contributed by atoms with van der Waals surface area (Å²) in [5, 5.41) is 22.3. The van der Waals surface area contributed by atoms with Crippen molar-refractivity contribution in [1.29, 1.82) is 0 Å². The van der Waals surface area contributed by atoms with Crippen LogP contribution in [0.25, 0.3) is 10.2 Å². The van der Waals surface area contributed by atoms with E-state index in [1.54, 1.807) is 13.1 Å². The van der Waals surface area contributed by atoms with Gasteiger partial charge < -0.3 is 20.5 Å². The third kappa shape index (κ3) is 1.82. The first kappa shape index (κ1) is 11.1. The fourth-order valence-electron chi connectivity index (χ4n) is 1.61. The van der Waals surface area contributed by atoms with Crippen LogP contribution in [-0.2, 0) is 0 Å². The molecule has 86 valence electrons. The van der Waals surface area contributed by atoms with E-state index < -0.39 is 6.10 Å². The number of aliphatic hydroxyl groups excluding tert-OH is 1. The van der Waals surface area contributed by atoms with Crippen molar-refractivity contribution >= 4 is 21.6 Å². The fraction of sp³-hybridized carbons (Fsp3) is 0.300. The number of aromatic amines is 1. The largest absolute Gasteiger partial charge is 0.506 e. The lowest BCUT2D eigenvalue weighted by Gasteiger charge is -2.11. The number of rotatable bonds is 3. The highest BCUT2D eigenvalue weighted by molar-refractivity contribution is 7.16. The number of aromatic nitrogens is 1. The second-order valence-corrected chi connectivity index (χ2v) is 4.45. The van der Waals surface area contributed by atoms with Gasteiger partial charge in [-0.2, -0.15) is 0 Å². The first-order valence-corrected chi connectivity index (χ1v) is 5.62. The summed E-state index contributed by atoms with van der Waals surface area (Å²) in [6, 6.07) is 3.10. The molecule has 0 fully saturated rings. The molecular formula is C10H12N2O3S. The number of nitrogens with one attached hydrogen (secondary N) is 2. The Labute approximate surface area is 95.4 Å². The number of phenols is 1. The summed E-state index contributed by atoms with van der Waals surface area (Å²) in [5.74, 6) is 0.0220. The Morgan fingerprint density at radius 2 is 2.31 bits per heavy atom. The minimum absolute atomic E-state index is 0.0220. The van der Waals surface area contributed by atoms with Crippen LogP contribution in [0.15, 0.2) is 16.9 Å². The number of benzene rings is 1. The SMILES string of the molecule is CNC[C@@H](O)c1ccc(O)c2[nH]c(=O)sc12. The van der Waals surface area contributed by atoms with Crippen molar-refractivity contribution in [2.45, 2.75) is 6.10 Å². The molecule has 0 saturated carbocycles. The number of hydrogen-bond donors (Lipinski definition) is 4. The number of aliphatic hydroxyl groups is 1. The summed E-state index contributed by atoms with van der Waals surface area (Å²) in [5.41, 5.74) is 1.04. The molecule has 1 heterocycles. The molecule has 0 bridgehead atoms. The molecule has 16 heavy (non-hydrogen) atoms. The summed E-state index contributed by atoms with van der Waals surface area (Å²) in [6.07, 6.45) is -0.695. The van der Waals surface area contributed by atoms with Crippen molar-refractivity contribution < 1.29 is 10.2 Å². The molecule has 0 saturated heterocycles. The van der Waals surface area contributed by atoms with Crippen LogP contribution in [0.5, 0.6) is 5.75 Å². The standard InChI is InChI=1S/C10H12N2O3S/c1-11-4-7(14)5-2-3-6(13)8-9(5)16-10(15)12-8/h2-3,7,11,13-14H,4H2,1H3,(H,12,15)/t7-/m1/s1.